The average molecular weight is 737 g/mol. The van der Waals surface area contributed by atoms with E-state index >= 15 is 0 Å². The number of sulfonamides is 1. The third-order valence-corrected chi connectivity index (χ3v) is 11.9. The summed E-state index contributed by atoms with van der Waals surface area (Å²) in [6.07, 6.45) is -0.654. The number of aliphatic carboxylic acids is 1. The number of benzene rings is 3. The van der Waals surface area contributed by atoms with Gasteiger partial charge in [-0.3, -0.25) is 19.8 Å². The van der Waals surface area contributed by atoms with Crippen molar-refractivity contribution in [2.75, 3.05) is 11.1 Å². The van der Waals surface area contributed by atoms with E-state index in [2.05, 4.69) is 10.6 Å². The van der Waals surface area contributed by atoms with Crippen molar-refractivity contribution in [3.05, 3.63) is 95.1 Å². The maximum Gasteiger partial charge on any atom is 0.411 e. The number of hydrogen-bond acceptors (Lipinski definition) is 9. The maximum atomic E-state index is 14.0. The van der Waals surface area contributed by atoms with Gasteiger partial charge in [-0.1, -0.05) is 54.1 Å². The quantitative estimate of drug-likeness (QED) is 0.274. The van der Waals surface area contributed by atoms with E-state index < -0.39 is 62.5 Å². The number of nitrogens with one attached hydrogen (secondary N) is 2. The van der Waals surface area contributed by atoms with E-state index in [1.54, 1.807) is 64.1 Å². The van der Waals surface area contributed by atoms with E-state index in [-0.39, 0.29) is 24.3 Å². The molecule has 0 bridgehead atoms. The van der Waals surface area contributed by atoms with Gasteiger partial charge in [0.15, 0.2) is 0 Å². The Labute approximate surface area is 303 Å². The third kappa shape index (κ3) is 8.92. The molecule has 0 aromatic heterocycles. The summed E-state index contributed by atoms with van der Waals surface area (Å²) in [7, 11) is -4.59. The Bertz CT molecular complexity index is 1910. The fourth-order valence-electron chi connectivity index (χ4n) is 5.96. The van der Waals surface area contributed by atoms with Crippen LogP contribution in [0.25, 0.3) is 0 Å². The highest BCUT2D eigenvalue weighted by atomic mass is 32.2. The van der Waals surface area contributed by atoms with Crippen LogP contribution >= 0.6 is 11.8 Å². The minimum atomic E-state index is -4.59. The number of carbonyl (C=O) groups excluding carboxylic acids is 3. The van der Waals surface area contributed by atoms with Crippen LogP contribution in [-0.4, -0.2) is 81.0 Å². The van der Waals surface area contributed by atoms with Gasteiger partial charge >= 0.3 is 12.1 Å². The topological polar surface area (TPSA) is 162 Å². The van der Waals surface area contributed by atoms with E-state index in [9.17, 15) is 32.7 Å². The van der Waals surface area contributed by atoms with Gasteiger partial charge in [0.1, 0.15) is 23.1 Å². The predicted molar refractivity (Wildman–Crippen MR) is 195 cm³/mol. The van der Waals surface area contributed by atoms with Crippen LogP contribution in [0.15, 0.2) is 77.7 Å². The lowest BCUT2D eigenvalue weighted by molar-refractivity contribution is -0.146. The lowest BCUT2D eigenvalue weighted by Gasteiger charge is -2.36. The van der Waals surface area contributed by atoms with Crippen molar-refractivity contribution < 1.29 is 37.4 Å². The lowest BCUT2D eigenvalue weighted by atomic mass is 9.93. The van der Waals surface area contributed by atoms with E-state index in [1.807, 2.05) is 38.1 Å². The summed E-state index contributed by atoms with van der Waals surface area (Å²) in [6.45, 7) is 11.0. The Hall–Kier alpha value is -4.40. The molecule has 2 heterocycles. The van der Waals surface area contributed by atoms with E-state index in [0.717, 1.165) is 16.7 Å². The van der Waals surface area contributed by atoms with E-state index in [4.69, 9.17) is 4.74 Å². The molecule has 0 unspecified atom stereocenters. The molecule has 3 amide bonds. The van der Waals surface area contributed by atoms with Gasteiger partial charge in [-0.15, -0.1) is 11.8 Å². The first kappa shape index (κ1) is 37.8. The smallest absolute Gasteiger partial charge is 0.411 e. The molecule has 3 N–H and O–H groups in total. The minimum absolute atomic E-state index is 0.196. The Balaban J connectivity index is 1.38. The molecule has 51 heavy (non-hydrogen) atoms. The van der Waals surface area contributed by atoms with Crippen LogP contribution in [0, 0.1) is 6.92 Å². The predicted octanol–water partition coefficient (Wildman–Crippen LogP) is 4.95. The first-order valence-corrected chi connectivity index (χ1v) is 19.1. The molecule has 0 radical (unpaired) electrons. The monoisotopic (exact) mass is 736 g/mol. The molecule has 272 valence electrons. The minimum Gasteiger partial charge on any atom is -0.480 e. The summed E-state index contributed by atoms with van der Waals surface area (Å²) in [5.41, 5.74) is 2.25. The summed E-state index contributed by atoms with van der Waals surface area (Å²) in [6, 6.07) is 17.1. The number of hydrogen-bond donors (Lipinski definition) is 3. The largest absolute Gasteiger partial charge is 0.480 e. The van der Waals surface area contributed by atoms with Crippen molar-refractivity contribution in [1.82, 2.24) is 14.5 Å². The lowest BCUT2D eigenvalue weighted by Crippen LogP contribution is -2.55. The maximum absolute atomic E-state index is 14.0. The number of aryl methyl sites for hydroxylation is 1. The van der Waals surface area contributed by atoms with Crippen molar-refractivity contribution in [2.24, 2.45) is 0 Å². The summed E-state index contributed by atoms with van der Waals surface area (Å²) >= 11 is 1.22. The van der Waals surface area contributed by atoms with Gasteiger partial charge in [0.2, 0.25) is 5.91 Å². The Morgan fingerprint density at radius 3 is 2.22 bits per heavy atom. The highest BCUT2D eigenvalue weighted by Gasteiger charge is 2.46. The fraction of sp³-hybridized carbons (Fsp3) is 0.405. The Morgan fingerprint density at radius 2 is 1.65 bits per heavy atom. The normalized spacial score (nSPS) is 19.1. The number of amides is 3. The second kappa shape index (κ2) is 14.7. The first-order valence-electron chi connectivity index (χ1n) is 16.6. The summed E-state index contributed by atoms with van der Waals surface area (Å²) in [5.74, 6) is -2.27. The third-order valence-electron chi connectivity index (χ3n) is 8.55. The van der Waals surface area contributed by atoms with E-state index in [0.29, 0.717) is 21.3 Å². The van der Waals surface area contributed by atoms with Crippen LogP contribution in [0.4, 0.5) is 10.5 Å². The molecular formula is C37H44N4O8S2. The Kier molecular flexibility index (Phi) is 10.9. The molecule has 5 rings (SSSR count). The van der Waals surface area contributed by atoms with Crippen LogP contribution < -0.4 is 10.6 Å². The highest BCUT2D eigenvalue weighted by molar-refractivity contribution is 8.01. The molecule has 14 heteroatoms. The molecule has 1 saturated heterocycles. The number of thioether (sulfide) groups is 1. The second-order valence-corrected chi connectivity index (χ2v) is 17.4. The van der Waals surface area contributed by atoms with Gasteiger partial charge in [-0.05, 0) is 82.5 Å². The number of carbonyl (C=O) groups is 4. The number of fused-ring (bicyclic) bond motifs is 1. The van der Waals surface area contributed by atoms with Gasteiger partial charge in [-0.25, -0.2) is 22.3 Å². The number of carboxylic acid groups (broad SMARTS) is 1. The number of rotatable bonds is 9. The molecule has 2 aliphatic heterocycles. The van der Waals surface area contributed by atoms with E-state index in [1.165, 1.54) is 28.8 Å². The van der Waals surface area contributed by atoms with Crippen LogP contribution in [0.1, 0.15) is 56.9 Å². The molecule has 3 atom stereocenters. The van der Waals surface area contributed by atoms with Crippen molar-refractivity contribution in [1.29, 1.82) is 0 Å². The molecule has 0 saturated carbocycles. The fourth-order valence-corrected chi connectivity index (χ4v) is 8.90. The molecule has 12 nitrogen and oxygen atoms in total. The zero-order valence-electron chi connectivity index (χ0n) is 29.5. The summed E-state index contributed by atoms with van der Waals surface area (Å²) in [5, 5.41) is 15.4. The summed E-state index contributed by atoms with van der Waals surface area (Å²) < 4.78 is 34.1. The van der Waals surface area contributed by atoms with Crippen LogP contribution in [-0.2, 0) is 48.5 Å². The van der Waals surface area contributed by atoms with Crippen molar-refractivity contribution in [2.45, 2.75) is 94.4 Å². The highest BCUT2D eigenvalue weighted by Crippen LogP contribution is 2.32. The van der Waals surface area contributed by atoms with Crippen LogP contribution in [0.3, 0.4) is 0 Å². The zero-order valence-corrected chi connectivity index (χ0v) is 31.1. The van der Waals surface area contributed by atoms with Crippen LogP contribution in [0.5, 0.6) is 0 Å². The van der Waals surface area contributed by atoms with Crippen molar-refractivity contribution in [3.8, 4) is 0 Å². The first-order chi connectivity index (χ1) is 23.8. The van der Waals surface area contributed by atoms with Crippen molar-refractivity contribution >= 4 is 51.3 Å². The molecule has 0 aliphatic carbocycles. The van der Waals surface area contributed by atoms with Crippen LogP contribution in [0.2, 0.25) is 0 Å². The number of ether oxygens (including phenoxy) is 1. The second-order valence-electron chi connectivity index (χ2n) is 14.5. The molecular weight excluding hydrogens is 693 g/mol. The number of nitrogens with zero attached hydrogens (tertiary/aromatic N) is 2. The molecule has 1 fully saturated rings. The standard InChI is InChI=1S/C37H44N4O8S2/c1-23-11-17-28(18-12-23)51(47,48)41(33(43)32-39-37(5,6)22-50-32)30(34(44)45)19-24-13-15-27(16-14-24)38-31(42)29-20-25-9-7-8-10-26(25)21-40(29)35(46)49-36(2,3)4/h7-18,29-30,32,39H,19-22H2,1-6H3,(H,38,42)(H,44,45)/t29-,30-,32-/m0/s1. The molecule has 3 aromatic carbocycles. The number of carboxylic acids is 1. The average Bonchev–Trinajstić information content (AvgIpc) is 3.43. The molecule has 2 aliphatic rings. The van der Waals surface area contributed by atoms with Gasteiger partial charge in [0.05, 0.1) is 11.4 Å². The number of anilines is 1. The molecule has 0 spiro atoms. The van der Waals surface area contributed by atoms with Gasteiger partial charge in [0.25, 0.3) is 15.9 Å². The Morgan fingerprint density at radius 1 is 1.02 bits per heavy atom. The van der Waals surface area contributed by atoms with Gasteiger partial charge in [-0.2, -0.15) is 0 Å². The SMILES string of the molecule is Cc1ccc(S(=O)(=O)N(C(=O)[C@H]2NC(C)(C)CS2)[C@@H](Cc2ccc(NC(=O)[C@@H]3Cc4ccccc4CN3C(=O)OC(C)(C)C)cc2)C(=O)O)cc1. The molecule has 3 aromatic rings. The zero-order chi connectivity index (χ0) is 37.3. The van der Waals surface area contributed by atoms with Crippen molar-refractivity contribution in [3.63, 3.8) is 0 Å². The van der Waals surface area contributed by atoms with Gasteiger partial charge < -0.3 is 15.2 Å². The summed E-state index contributed by atoms with van der Waals surface area (Å²) in [4.78, 5) is 54.8. The van der Waals surface area contributed by atoms with Gasteiger partial charge in [0, 0.05) is 29.8 Å².